The van der Waals surface area contributed by atoms with Gasteiger partial charge in [0.15, 0.2) is 5.65 Å². The average Bonchev–Trinajstić information content (AvgIpc) is 3.50. The monoisotopic (exact) mass is 491 g/mol. The summed E-state index contributed by atoms with van der Waals surface area (Å²) in [5.41, 5.74) is -0.312. The molecule has 0 radical (unpaired) electrons. The number of fused-ring (bicyclic) bond motifs is 1. The minimum absolute atomic E-state index is 0.0130. The average molecular weight is 491 g/mol. The summed E-state index contributed by atoms with van der Waals surface area (Å²) in [5.74, 6) is 0. The largest absolute Gasteiger partial charge is 0.416 e. The van der Waals surface area contributed by atoms with Gasteiger partial charge in [-0.1, -0.05) is 0 Å². The van der Waals surface area contributed by atoms with Gasteiger partial charge < -0.3 is 4.57 Å². The summed E-state index contributed by atoms with van der Waals surface area (Å²) in [4.78, 5) is -0.453. The molecule has 1 saturated carbocycles. The van der Waals surface area contributed by atoms with Gasteiger partial charge >= 0.3 is 6.18 Å². The van der Waals surface area contributed by atoms with Crippen LogP contribution in [-0.2, 0) is 16.2 Å². The molecule has 1 aliphatic rings. The second-order valence-corrected chi connectivity index (χ2v) is 9.99. The number of rotatable bonds is 5. The smallest absolute Gasteiger partial charge is 0.317 e. The second-order valence-electron chi connectivity index (χ2n) is 8.28. The number of hydrogen-bond donors (Lipinski definition) is 1. The highest BCUT2D eigenvalue weighted by molar-refractivity contribution is 7.89. The van der Waals surface area contributed by atoms with Crippen molar-refractivity contribution in [2.75, 3.05) is 0 Å². The Bertz CT molecular complexity index is 1420. The predicted octanol–water partition coefficient (Wildman–Crippen LogP) is 3.47. The highest BCUT2D eigenvalue weighted by Gasteiger charge is 2.34. The molecule has 178 valence electrons. The number of pyridine rings is 1. The van der Waals surface area contributed by atoms with Crippen molar-refractivity contribution in [1.29, 1.82) is 0 Å². The number of nitrogens with zero attached hydrogens (tertiary/aromatic N) is 6. The number of nitrogens with one attached hydrogen (secondary N) is 1. The third-order valence-corrected chi connectivity index (χ3v) is 7.51. The van der Waals surface area contributed by atoms with E-state index in [1.54, 1.807) is 35.4 Å². The van der Waals surface area contributed by atoms with Crippen molar-refractivity contribution >= 4 is 15.7 Å². The lowest BCUT2D eigenvalue weighted by Crippen LogP contribution is -2.38. The van der Waals surface area contributed by atoms with E-state index < -0.39 is 32.7 Å². The fourth-order valence-electron chi connectivity index (χ4n) is 4.38. The summed E-state index contributed by atoms with van der Waals surface area (Å²) in [5, 5.41) is 15.3. The summed E-state index contributed by atoms with van der Waals surface area (Å²) < 4.78 is 73.6. The van der Waals surface area contributed by atoms with Crippen LogP contribution in [0.15, 0.2) is 60.4 Å². The van der Waals surface area contributed by atoms with Crippen LogP contribution in [0.25, 0.3) is 16.8 Å². The summed E-state index contributed by atoms with van der Waals surface area (Å²) in [6.45, 7) is 0. The Kier molecular flexibility index (Phi) is 5.60. The van der Waals surface area contributed by atoms with Crippen LogP contribution < -0.4 is 4.72 Å². The van der Waals surface area contributed by atoms with Gasteiger partial charge in [-0.2, -0.15) is 13.2 Å². The molecule has 34 heavy (non-hydrogen) atoms. The molecule has 9 nitrogen and oxygen atoms in total. The fourth-order valence-corrected chi connectivity index (χ4v) is 5.73. The van der Waals surface area contributed by atoms with E-state index in [-0.39, 0.29) is 11.6 Å². The zero-order valence-corrected chi connectivity index (χ0v) is 18.5. The first-order valence-corrected chi connectivity index (χ1v) is 12.1. The summed E-state index contributed by atoms with van der Waals surface area (Å²) >= 11 is 0. The standard InChI is InChI=1S/C21H20F3N7O2S/c22-21(23,24)15-7-14(19-5-2-6-30-13-27-28-20(19)30)8-18(9-15)34(32,33)29-16-3-1-4-17(10-16)31-11-25-26-12-31/h2,5-9,11-13,16-17,29H,1,3-4,10H2/t16-,17+/m0/s1. The molecule has 3 heterocycles. The van der Waals surface area contributed by atoms with Crippen LogP contribution in [0.2, 0.25) is 0 Å². The van der Waals surface area contributed by atoms with Crippen molar-refractivity contribution in [1.82, 2.24) is 34.1 Å². The van der Waals surface area contributed by atoms with E-state index in [1.165, 1.54) is 12.4 Å². The molecule has 1 N–H and O–H groups in total. The topological polar surface area (TPSA) is 107 Å². The zero-order valence-electron chi connectivity index (χ0n) is 17.7. The highest BCUT2D eigenvalue weighted by atomic mass is 32.2. The third-order valence-electron chi connectivity index (χ3n) is 6.01. The van der Waals surface area contributed by atoms with E-state index in [4.69, 9.17) is 0 Å². The molecule has 0 aliphatic heterocycles. The molecule has 0 unspecified atom stereocenters. The van der Waals surface area contributed by atoms with Crippen molar-refractivity contribution in [3.63, 3.8) is 0 Å². The van der Waals surface area contributed by atoms with Gasteiger partial charge in [-0.05, 0) is 61.6 Å². The number of hydrogen-bond acceptors (Lipinski definition) is 6. The maximum Gasteiger partial charge on any atom is 0.416 e. The number of benzene rings is 1. The van der Waals surface area contributed by atoms with Gasteiger partial charge in [0.25, 0.3) is 0 Å². The first kappa shape index (κ1) is 22.5. The number of alkyl halides is 3. The van der Waals surface area contributed by atoms with Crippen LogP contribution in [0.5, 0.6) is 0 Å². The van der Waals surface area contributed by atoms with Gasteiger partial charge in [-0.3, -0.25) is 4.40 Å². The summed E-state index contributed by atoms with van der Waals surface area (Å²) in [6, 6.07) is 5.62. The molecule has 0 bridgehead atoms. The van der Waals surface area contributed by atoms with Crippen LogP contribution in [-0.4, -0.2) is 43.8 Å². The molecule has 0 spiro atoms. The maximum atomic E-state index is 13.7. The van der Waals surface area contributed by atoms with Gasteiger partial charge in [-0.15, -0.1) is 20.4 Å². The molecule has 3 aromatic heterocycles. The lowest BCUT2D eigenvalue weighted by Gasteiger charge is -2.30. The summed E-state index contributed by atoms with van der Waals surface area (Å²) in [6.07, 6.45) is 4.17. The molecular weight excluding hydrogens is 471 g/mol. The van der Waals surface area contributed by atoms with E-state index in [0.717, 1.165) is 18.9 Å². The number of aromatic nitrogens is 6. The zero-order chi connectivity index (χ0) is 23.9. The third kappa shape index (κ3) is 4.40. The molecule has 13 heteroatoms. The minimum Gasteiger partial charge on any atom is -0.317 e. The van der Waals surface area contributed by atoms with Crippen molar-refractivity contribution in [3.05, 3.63) is 61.1 Å². The molecule has 5 rings (SSSR count). The van der Waals surface area contributed by atoms with E-state index in [1.807, 2.05) is 4.57 Å². The minimum atomic E-state index is -4.73. The van der Waals surface area contributed by atoms with Crippen LogP contribution >= 0.6 is 0 Å². The normalized spacial score (nSPS) is 19.5. The van der Waals surface area contributed by atoms with Crippen molar-refractivity contribution in [3.8, 4) is 11.1 Å². The molecule has 1 fully saturated rings. The molecule has 0 amide bonds. The Morgan fingerprint density at radius 2 is 1.82 bits per heavy atom. The Hall–Kier alpha value is -3.32. The first-order valence-electron chi connectivity index (χ1n) is 10.6. The van der Waals surface area contributed by atoms with Crippen molar-refractivity contribution in [2.24, 2.45) is 0 Å². The molecule has 0 saturated heterocycles. The fraction of sp³-hybridized carbons (Fsp3) is 0.333. The first-order chi connectivity index (χ1) is 16.2. The van der Waals surface area contributed by atoms with E-state index in [0.29, 0.717) is 30.1 Å². The van der Waals surface area contributed by atoms with Crippen molar-refractivity contribution < 1.29 is 21.6 Å². The highest BCUT2D eigenvalue weighted by Crippen LogP contribution is 2.36. The Morgan fingerprint density at radius 1 is 1.03 bits per heavy atom. The molecule has 1 aliphatic carbocycles. The van der Waals surface area contributed by atoms with Crippen molar-refractivity contribution in [2.45, 2.75) is 48.8 Å². The Morgan fingerprint density at radius 3 is 2.59 bits per heavy atom. The Labute approximate surface area is 192 Å². The van der Waals surface area contributed by atoms with Gasteiger partial charge in [0.2, 0.25) is 10.0 Å². The van der Waals surface area contributed by atoms with Gasteiger partial charge in [0, 0.05) is 23.8 Å². The Balaban J connectivity index is 1.51. The van der Waals surface area contributed by atoms with Gasteiger partial charge in [0.05, 0.1) is 10.5 Å². The number of halogens is 3. The second kappa shape index (κ2) is 8.47. The molecular formula is C21H20F3N7O2S. The van der Waals surface area contributed by atoms with Crippen LogP contribution in [0.4, 0.5) is 13.2 Å². The SMILES string of the molecule is O=S(=O)(N[C@H]1CCC[C@@H](n2cnnc2)C1)c1cc(-c2cccn3cnnc23)cc(C(F)(F)F)c1. The van der Waals surface area contributed by atoms with E-state index in [2.05, 4.69) is 25.1 Å². The van der Waals surface area contributed by atoms with Gasteiger partial charge in [-0.25, -0.2) is 13.1 Å². The van der Waals surface area contributed by atoms with Crippen LogP contribution in [0.3, 0.4) is 0 Å². The molecule has 2 atom stereocenters. The molecule has 4 aromatic rings. The quantitative estimate of drug-likeness (QED) is 0.458. The van der Waals surface area contributed by atoms with E-state index >= 15 is 0 Å². The van der Waals surface area contributed by atoms with Crippen LogP contribution in [0.1, 0.15) is 37.3 Å². The van der Waals surface area contributed by atoms with Gasteiger partial charge in [0.1, 0.15) is 19.0 Å². The lowest BCUT2D eigenvalue weighted by atomic mass is 9.91. The number of sulfonamides is 1. The summed E-state index contributed by atoms with van der Waals surface area (Å²) in [7, 11) is -4.24. The lowest BCUT2D eigenvalue weighted by molar-refractivity contribution is -0.137. The van der Waals surface area contributed by atoms with E-state index in [9.17, 15) is 21.6 Å². The van der Waals surface area contributed by atoms with Crippen LogP contribution in [0, 0.1) is 0 Å². The maximum absolute atomic E-state index is 13.7. The predicted molar refractivity (Wildman–Crippen MR) is 115 cm³/mol. The molecule has 1 aromatic carbocycles.